The molecule has 19 heavy (non-hydrogen) atoms. The van der Waals surface area contributed by atoms with E-state index in [0.717, 1.165) is 12.3 Å². The van der Waals surface area contributed by atoms with Crippen molar-refractivity contribution in [2.75, 3.05) is 0 Å². The van der Waals surface area contributed by atoms with E-state index in [4.69, 9.17) is 5.73 Å². The molecule has 1 aliphatic carbocycles. The van der Waals surface area contributed by atoms with Crippen LogP contribution in [0.3, 0.4) is 0 Å². The van der Waals surface area contributed by atoms with Crippen LogP contribution in [0.2, 0.25) is 0 Å². The summed E-state index contributed by atoms with van der Waals surface area (Å²) in [6.07, 6.45) is 2.28. The Hall–Kier alpha value is -1.60. The largest absolute Gasteiger partial charge is 0.324 e. The zero-order chi connectivity index (χ0) is 13.2. The van der Waals surface area contributed by atoms with Crippen LogP contribution < -0.4 is 5.73 Å². The zero-order valence-electron chi connectivity index (χ0n) is 11.4. The smallest absolute Gasteiger partial charge is 0.0326 e. The first kappa shape index (κ1) is 12.4. The monoisotopic (exact) mass is 251 g/mol. The molecule has 1 fully saturated rings. The lowest BCUT2D eigenvalue weighted by molar-refractivity contribution is 0.593. The molecule has 0 radical (unpaired) electrons. The topological polar surface area (TPSA) is 26.0 Å². The molecular formula is C18H21N. The summed E-state index contributed by atoms with van der Waals surface area (Å²) in [5.74, 6) is 1.50. The molecular weight excluding hydrogens is 230 g/mol. The van der Waals surface area contributed by atoms with E-state index in [1.54, 1.807) is 0 Å². The molecule has 0 aliphatic heterocycles. The van der Waals surface area contributed by atoms with Gasteiger partial charge in [-0.1, -0.05) is 61.5 Å². The number of nitrogens with two attached hydrogens (primary N) is 1. The Morgan fingerprint density at radius 3 is 2.16 bits per heavy atom. The van der Waals surface area contributed by atoms with E-state index in [0.29, 0.717) is 5.92 Å². The lowest BCUT2D eigenvalue weighted by atomic mass is 9.98. The van der Waals surface area contributed by atoms with Gasteiger partial charge in [-0.25, -0.2) is 0 Å². The average molecular weight is 251 g/mol. The van der Waals surface area contributed by atoms with Crippen molar-refractivity contribution in [3.8, 4) is 0 Å². The standard InChI is InChI=1S/C18H21N/c1-13-11-17(13)18(19)16-9-7-15(8-10-16)12-14-5-3-2-4-6-14/h2-10,13,17-18H,11-12,19H2,1H3. The van der Waals surface area contributed by atoms with Gasteiger partial charge in [0, 0.05) is 6.04 Å². The maximum absolute atomic E-state index is 6.29. The molecule has 1 nitrogen and oxygen atoms in total. The van der Waals surface area contributed by atoms with Gasteiger partial charge in [0.05, 0.1) is 0 Å². The Kier molecular flexibility index (Phi) is 3.39. The van der Waals surface area contributed by atoms with Gasteiger partial charge in [-0.2, -0.15) is 0 Å². The molecule has 0 bridgehead atoms. The summed E-state index contributed by atoms with van der Waals surface area (Å²) in [7, 11) is 0. The molecule has 3 unspecified atom stereocenters. The van der Waals surface area contributed by atoms with Gasteiger partial charge in [-0.15, -0.1) is 0 Å². The van der Waals surface area contributed by atoms with Crippen LogP contribution in [0.4, 0.5) is 0 Å². The van der Waals surface area contributed by atoms with Crippen LogP contribution in [0.5, 0.6) is 0 Å². The number of benzene rings is 2. The zero-order valence-corrected chi connectivity index (χ0v) is 11.4. The number of rotatable bonds is 4. The van der Waals surface area contributed by atoms with Crippen molar-refractivity contribution >= 4 is 0 Å². The highest BCUT2D eigenvalue weighted by molar-refractivity contribution is 5.30. The molecule has 1 saturated carbocycles. The first-order valence-electron chi connectivity index (χ1n) is 7.12. The van der Waals surface area contributed by atoms with E-state index < -0.39 is 0 Å². The lowest BCUT2D eigenvalue weighted by Gasteiger charge is -2.12. The minimum Gasteiger partial charge on any atom is -0.324 e. The van der Waals surface area contributed by atoms with Gasteiger partial charge < -0.3 is 5.73 Å². The van der Waals surface area contributed by atoms with E-state index in [1.165, 1.54) is 23.1 Å². The quantitative estimate of drug-likeness (QED) is 0.875. The van der Waals surface area contributed by atoms with Crippen molar-refractivity contribution in [2.45, 2.75) is 25.8 Å². The summed E-state index contributed by atoms with van der Waals surface area (Å²) < 4.78 is 0. The normalized spacial score (nSPS) is 23.1. The van der Waals surface area contributed by atoms with Crippen LogP contribution >= 0.6 is 0 Å². The lowest BCUT2D eigenvalue weighted by Crippen LogP contribution is -2.13. The van der Waals surface area contributed by atoms with Gasteiger partial charge in [0.2, 0.25) is 0 Å². The maximum Gasteiger partial charge on any atom is 0.0326 e. The van der Waals surface area contributed by atoms with E-state index in [1.807, 2.05) is 0 Å². The highest BCUT2D eigenvalue weighted by Gasteiger charge is 2.38. The maximum atomic E-state index is 6.29. The van der Waals surface area contributed by atoms with Crippen LogP contribution in [0, 0.1) is 11.8 Å². The molecule has 3 atom stereocenters. The number of hydrogen-bond acceptors (Lipinski definition) is 1. The van der Waals surface area contributed by atoms with Crippen LogP contribution in [0.1, 0.15) is 36.1 Å². The Balaban J connectivity index is 1.69. The van der Waals surface area contributed by atoms with Crippen molar-refractivity contribution in [1.82, 2.24) is 0 Å². The molecule has 98 valence electrons. The van der Waals surface area contributed by atoms with Crippen molar-refractivity contribution < 1.29 is 0 Å². The second-order valence-electron chi connectivity index (χ2n) is 5.81. The summed E-state index contributed by atoms with van der Waals surface area (Å²) in [5.41, 5.74) is 10.3. The minimum atomic E-state index is 0.223. The summed E-state index contributed by atoms with van der Waals surface area (Å²) in [5, 5.41) is 0. The van der Waals surface area contributed by atoms with Gasteiger partial charge in [-0.3, -0.25) is 0 Å². The minimum absolute atomic E-state index is 0.223. The predicted octanol–water partition coefficient (Wildman–Crippen LogP) is 3.93. The summed E-state index contributed by atoms with van der Waals surface area (Å²) in [4.78, 5) is 0. The molecule has 0 heterocycles. The van der Waals surface area contributed by atoms with Crippen molar-refractivity contribution in [2.24, 2.45) is 17.6 Å². The summed E-state index contributed by atoms with van der Waals surface area (Å²) in [6.45, 7) is 2.29. The molecule has 0 saturated heterocycles. The van der Waals surface area contributed by atoms with Gasteiger partial charge >= 0.3 is 0 Å². The molecule has 0 amide bonds. The van der Waals surface area contributed by atoms with Gasteiger partial charge in [0.1, 0.15) is 0 Å². The fourth-order valence-corrected chi connectivity index (χ4v) is 2.79. The molecule has 1 aliphatic rings. The fourth-order valence-electron chi connectivity index (χ4n) is 2.79. The van der Waals surface area contributed by atoms with Crippen molar-refractivity contribution in [3.05, 3.63) is 71.3 Å². The first-order chi connectivity index (χ1) is 9.24. The van der Waals surface area contributed by atoms with E-state index in [9.17, 15) is 0 Å². The third-order valence-corrected chi connectivity index (χ3v) is 4.25. The van der Waals surface area contributed by atoms with E-state index in [-0.39, 0.29) is 6.04 Å². The van der Waals surface area contributed by atoms with Crippen molar-refractivity contribution in [1.29, 1.82) is 0 Å². The summed E-state index contributed by atoms with van der Waals surface area (Å²) in [6, 6.07) is 19.6. The van der Waals surface area contributed by atoms with Gasteiger partial charge in [0.15, 0.2) is 0 Å². The molecule has 2 N–H and O–H groups in total. The first-order valence-corrected chi connectivity index (χ1v) is 7.12. The Morgan fingerprint density at radius 2 is 1.58 bits per heavy atom. The molecule has 2 aromatic rings. The van der Waals surface area contributed by atoms with E-state index in [2.05, 4.69) is 61.5 Å². The third kappa shape index (κ3) is 2.87. The molecule has 2 aromatic carbocycles. The summed E-state index contributed by atoms with van der Waals surface area (Å²) >= 11 is 0. The SMILES string of the molecule is CC1CC1C(N)c1ccc(Cc2ccccc2)cc1. The van der Waals surface area contributed by atoms with Crippen LogP contribution in [-0.2, 0) is 6.42 Å². The van der Waals surface area contributed by atoms with Crippen LogP contribution in [0.15, 0.2) is 54.6 Å². The van der Waals surface area contributed by atoms with Gasteiger partial charge in [0.25, 0.3) is 0 Å². The molecule has 0 aromatic heterocycles. The molecule has 0 spiro atoms. The fraction of sp³-hybridized carbons (Fsp3) is 0.333. The van der Waals surface area contributed by atoms with Crippen LogP contribution in [0.25, 0.3) is 0 Å². The molecule has 1 heteroatoms. The second kappa shape index (κ2) is 5.18. The second-order valence-corrected chi connectivity index (χ2v) is 5.81. The predicted molar refractivity (Wildman–Crippen MR) is 79.9 cm³/mol. The Morgan fingerprint density at radius 1 is 1.00 bits per heavy atom. The molecule has 3 rings (SSSR count). The highest BCUT2D eigenvalue weighted by atomic mass is 14.7. The average Bonchev–Trinajstić information content (AvgIpc) is 3.17. The third-order valence-electron chi connectivity index (χ3n) is 4.25. The number of hydrogen-bond donors (Lipinski definition) is 1. The van der Waals surface area contributed by atoms with Crippen molar-refractivity contribution in [3.63, 3.8) is 0 Å². The van der Waals surface area contributed by atoms with Gasteiger partial charge in [-0.05, 0) is 41.4 Å². The van der Waals surface area contributed by atoms with Crippen LogP contribution in [-0.4, -0.2) is 0 Å². The Bertz CT molecular complexity index is 529. The highest BCUT2D eigenvalue weighted by Crippen LogP contribution is 2.45. The van der Waals surface area contributed by atoms with E-state index >= 15 is 0 Å². The Labute approximate surface area is 115 Å².